The second-order valence-corrected chi connectivity index (χ2v) is 6.69. The Bertz CT molecular complexity index is 814. The summed E-state index contributed by atoms with van der Waals surface area (Å²) in [6.45, 7) is 5.12. The van der Waals surface area contributed by atoms with Crippen molar-refractivity contribution in [1.29, 1.82) is 0 Å². The summed E-state index contributed by atoms with van der Waals surface area (Å²) >= 11 is 3.08. The normalized spacial score (nSPS) is 13.0. The Morgan fingerprint density at radius 2 is 2.09 bits per heavy atom. The average molecular weight is 390 g/mol. The van der Waals surface area contributed by atoms with Gasteiger partial charge in [0, 0.05) is 27.5 Å². The molecule has 2 aromatic rings. The van der Waals surface area contributed by atoms with E-state index in [1.807, 2.05) is 0 Å². The van der Waals surface area contributed by atoms with Crippen LogP contribution in [0.1, 0.15) is 22.3 Å². The van der Waals surface area contributed by atoms with Crippen LogP contribution in [-0.2, 0) is 10.1 Å². The molecule has 1 atom stereocenters. The number of hydrogen-bond donors (Lipinski definition) is 1. The maximum atomic E-state index is 14.2. The lowest BCUT2D eigenvalue weighted by atomic mass is 10.1. The second kappa shape index (κ2) is 6.27. The smallest absolute Gasteiger partial charge is 0.318 e. The highest BCUT2D eigenvalue weighted by molar-refractivity contribution is 9.10. The van der Waals surface area contributed by atoms with Gasteiger partial charge in [0.05, 0.1) is 0 Å². The van der Waals surface area contributed by atoms with Gasteiger partial charge >= 0.3 is 16.1 Å². The Labute approximate surface area is 135 Å². The first-order valence-corrected chi connectivity index (χ1v) is 8.22. The van der Waals surface area contributed by atoms with Crippen molar-refractivity contribution < 1.29 is 22.1 Å². The molecule has 1 aromatic heterocycles. The van der Waals surface area contributed by atoms with Crippen molar-refractivity contribution in [2.24, 2.45) is 0 Å². The van der Waals surface area contributed by atoms with Crippen LogP contribution >= 0.6 is 15.9 Å². The van der Waals surface area contributed by atoms with Crippen molar-refractivity contribution >= 4 is 26.0 Å². The molecule has 0 saturated heterocycles. The van der Waals surface area contributed by atoms with Gasteiger partial charge in [-0.1, -0.05) is 22.0 Å². The van der Waals surface area contributed by atoms with Crippen LogP contribution in [0.3, 0.4) is 0 Å². The van der Waals surface area contributed by atoms with Gasteiger partial charge in [0.1, 0.15) is 5.82 Å². The lowest BCUT2D eigenvalue weighted by molar-refractivity contribution is 0.237. The van der Waals surface area contributed by atoms with Crippen LogP contribution in [0.25, 0.3) is 0 Å². The predicted octanol–water partition coefficient (Wildman–Crippen LogP) is 2.83. The number of aryl methyl sites for hydroxylation is 1. The molecule has 1 N–H and O–H groups in total. The van der Waals surface area contributed by atoms with Crippen molar-refractivity contribution in [3.05, 3.63) is 58.4 Å². The quantitative estimate of drug-likeness (QED) is 0.808. The molecule has 0 amide bonds. The van der Waals surface area contributed by atoms with E-state index in [2.05, 4.69) is 32.8 Å². The van der Waals surface area contributed by atoms with E-state index in [0.717, 1.165) is 0 Å². The zero-order chi connectivity index (χ0) is 16.5. The van der Waals surface area contributed by atoms with E-state index in [9.17, 15) is 17.4 Å². The van der Waals surface area contributed by atoms with Crippen LogP contribution < -0.4 is 4.74 Å². The third kappa shape index (κ3) is 3.60. The molecular weight excluding hydrogens is 379 g/mol. The minimum Gasteiger partial charge on any atom is -0.436 e. The van der Waals surface area contributed by atoms with Gasteiger partial charge in [-0.3, -0.25) is 4.55 Å². The Morgan fingerprint density at radius 1 is 1.41 bits per heavy atom. The number of benzene rings is 1. The minimum absolute atomic E-state index is 0.0556. The Balaban J connectivity index is 2.51. The summed E-state index contributed by atoms with van der Waals surface area (Å²) in [7, 11) is -4.77. The Kier molecular flexibility index (Phi) is 4.78. The van der Waals surface area contributed by atoms with Crippen molar-refractivity contribution in [2.75, 3.05) is 0 Å². The molecule has 1 radical (unpaired) electrons. The van der Waals surface area contributed by atoms with E-state index < -0.39 is 21.4 Å². The van der Waals surface area contributed by atoms with Crippen LogP contribution in [0.5, 0.6) is 6.01 Å². The molecular formula is C13H11BrFN2O4S. The summed E-state index contributed by atoms with van der Waals surface area (Å²) in [6, 6.07) is 3.85. The van der Waals surface area contributed by atoms with E-state index in [4.69, 9.17) is 4.74 Å². The van der Waals surface area contributed by atoms with Crippen LogP contribution in [-0.4, -0.2) is 22.9 Å². The summed E-state index contributed by atoms with van der Waals surface area (Å²) in [5.41, 5.74) is -1.92. The maximum absolute atomic E-state index is 14.2. The first kappa shape index (κ1) is 16.8. The van der Waals surface area contributed by atoms with Gasteiger partial charge in [-0.15, -0.1) is 0 Å². The fraction of sp³-hybridized carbons (Fsp3) is 0.154. The van der Waals surface area contributed by atoms with E-state index in [1.54, 1.807) is 13.0 Å². The standard InChI is InChI=1S/C13H11BrFN2O4S/c1-7-5-6-16-13(17-7)21-12(22(18,19)20)9-3-4-10(14)8(2)11(9)15/h3-6,12H,2H2,1H3,(H,18,19,20). The molecule has 6 nitrogen and oxygen atoms in total. The highest BCUT2D eigenvalue weighted by Crippen LogP contribution is 2.30. The molecule has 0 bridgehead atoms. The largest absolute Gasteiger partial charge is 0.436 e. The Morgan fingerprint density at radius 3 is 2.68 bits per heavy atom. The molecule has 0 fully saturated rings. The first-order valence-electron chi connectivity index (χ1n) is 5.92. The number of ether oxygens (including phenoxy) is 1. The zero-order valence-electron chi connectivity index (χ0n) is 11.3. The molecule has 0 aliphatic rings. The van der Waals surface area contributed by atoms with Gasteiger partial charge < -0.3 is 4.74 Å². The first-order chi connectivity index (χ1) is 10.2. The van der Waals surface area contributed by atoms with Gasteiger partial charge in [0.2, 0.25) is 0 Å². The highest BCUT2D eigenvalue weighted by atomic mass is 79.9. The molecule has 117 valence electrons. The van der Waals surface area contributed by atoms with Crippen LogP contribution in [0.15, 0.2) is 28.9 Å². The van der Waals surface area contributed by atoms with Crippen molar-refractivity contribution in [2.45, 2.75) is 12.4 Å². The molecule has 2 rings (SSSR count). The fourth-order valence-corrected chi connectivity index (χ4v) is 2.68. The summed E-state index contributed by atoms with van der Waals surface area (Å²) in [5, 5.41) is 0. The predicted molar refractivity (Wildman–Crippen MR) is 80.2 cm³/mol. The van der Waals surface area contributed by atoms with E-state index in [1.165, 1.54) is 18.3 Å². The van der Waals surface area contributed by atoms with Crippen molar-refractivity contribution in [1.82, 2.24) is 9.97 Å². The van der Waals surface area contributed by atoms with Crippen LogP contribution in [0.2, 0.25) is 0 Å². The molecule has 22 heavy (non-hydrogen) atoms. The number of aromatic nitrogens is 2. The van der Waals surface area contributed by atoms with Crippen LogP contribution in [0.4, 0.5) is 4.39 Å². The lowest BCUT2D eigenvalue weighted by Gasteiger charge is -2.17. The summed E-state index contributed by atoms with van der Waals surface area (Å²) in [6.07, 6.45) is 1.35. The number of nitrogens with zero attached hydrogens (tertiary/aromatic N) is 2. The van der Waals surface area contributed by atoms with Gasteiger partial charge in [0.15, 0.2) is 0 Å². The molecule has 1 unspecified atom stereocenters. The molecule has 0 saturated carbocycles. The van der Waals surface area contributed by atoms with E-state index in [-0.39, 0.29) is 17.1 Å². The SMILES string of the molecule is [CH2]c1c(Br)ccc(C(Oc2nccc(C)n2)S(=O)(=O)O)c1F. The maximum Gasteiger partial charge on any atom is 0.318 e. The van der Waals surface area contributed by atoms with Gasteiger partial charge in [-0.2, -0.15) is 8.42 Å². The molecule has 0 aliphatic heterocycles. The highest BCUT2D eigenvalue weighted by Gasteiger charge is 2.32. The Hall–Kier alpha value is -1.58. The fourth-order valence-electron chi connectivity index (χ4n) is 1.66. The van der Waals surface area contributed by atoms with Gasteiger partial charge in [0.25, 0.3) is 5.44 Å². The third-order valence-corrected chi connectivity index (χ3v) is 4.36. The summed E-state index contributed by atoms with van der Waals surface area (Å²) < 4.78 is 52.1. The third-order valence-electron chi connectivity index (χ3n) is 2.73. The molecule has 9 heteroatoms. The monoisotopic (exact) mass is 389 g/mol. The number of halogens is 2. The zero-order valence-corrected chi connectivity index (χ0v) is 13.7. The second-order valence-electron chi connectivity index (χ2n) is 4.37. The summed E-state index contributed by atoms with van der Waals surface area (Å²) in [4.78, 5) is 7.60. The molecule has 1 heterocycles. The van der Waals surface area contributed by atoms with Crippen molar-refractivity contribution in [3.8, 4) is 6.01 Å². The molecule has 1 aromatic carbocycles. The van der Waals surface area contributed by atoms with E-state index in [0.29, 0.717) is 10.2 Å². The minimum atomic E-state index is -4.77. The number of hydrogen-bond acceptors (Lipinski definition) is 5. The van der Waals surface area contributed by atoms with Gasteiger partial charge in [-0.25, -0.2) is 14.4 Å². The number of rotatable bonds is 4. The molecule has 0 aliphatic carbocycles. The van der Waals surface area contributed by atoms with E-state index >= 15 is 0 Å². The molecule has 0 spiro atoms. The van der Waals surface area contributed by atoms with Crippen molar-refractivity contribution in [3.63, 3.8) is 0 Å². The average Bonchev–Trinajstić information content (AvgIpc) is 2.42. The summed E-state index contributed by atoms with van der Waals surface area (Å²) in [5.74, 6) is -0.912. The van der Waals surface area contributed by atoms with Crippen LogP contribution in [0, 0.1) is 19.7 Å². The topological polar surface area (TPSA) is 89.4 Å². The van der Waals surface area contributed by atoms with Gasteiger partial charge in [-0.05, 0) is 26.0 Å². The lowest BCUT2D eigenvalue weighted by Crippen LogP contribution is -2.21.